The summed E-state index contributed by atoms with van der Waals surface area (Å²) in [4.78, 5) is 28.3. The van der Waals surface area contributed by atoms with E-state index in [0.29, 0.717) is 18.8 Å². The van der Waals surface area contributed by atoms with Gasteiger partial charge >= 0.3 is 0 Å². The van der Waals surface area contributed by atoms with E-state index in [4.69, 9.17) is 4.98 Å². The molecule has 2 saturated heterocycles. The fourth-order valence-electron chi connectivity index (χ4n) is 3.72. The van der Waals surface area contributed by atoms with Crippen LogP contribution in [-0.2, 0) is 6.54 Å². The van der Waals surface area contributed by atoms with Gasteiger partial charge in [0.1, 0.15) is 5.69 Å². The number of thiazole rings is 1. The lowest BCUT2D eigenvalue weighted by Gasteiger charge is -2.34. The fourth-order valence-corrected chi connectivity index (χ4v) is 4.59. The second-order valence-electron chi connectivity index (χ2n) is 7.57. The van der Waals surface area contributed by atoms with E-state index in [1.807, 2.05) is 17.0 Å². The highest BCUT2D eigenvalue weighted by Gasteiger charge is 2.24. The van der Waals surface area contributed by atoms with Crippen molar-refractivity contribution in [3.8, 4) is 0 Å². The van der Waals surface area contributed by atoms with Crippen molar-refractivity contribution in [1.29, 1.82) is 0 Å². The lowest BCUT2D eigenvalue weighted by atomic mass is 9.99. The highest BCUT2D eigenvalue weighted by Crippen LogP contribution is 2.24. The van der Waals surface area contributed by atoms with Gasteiger partial charge in [0.25, 0.3) is 5.91 Å². The van der Waals surface area contributed by atoms with Crippen molar-refractivity contribution in [2.45, 2.75) is 26.3 Å². The summed E-state index contributed by atoms with van der Waals surface area (Å²) in [6.07, 6.45) is 4.26. The van der Waals surface area contributed by atoms with Crippen LogP contribution >= 0.6 is 11.3 Å². The van der Waals surface area contributed by atoms with Crippen LogP contribution in [-0.4, -0.2) is 64.9 Å². The number of nitrogens with zero attached hydrogens (tertiary/aromatic N) is 5. The molecule has 7 heteroatoms. The Morgan fingerprint density at radius 3 is 2.63 bits per heavy atom. The van der Waals surface area contributed by atoms with Crippen LogP contribution in [0.1, 0.15) is 35.9 Å². The Bertz CT molecular complexity index is 749. The molecule has 2 aromatic heterocycles. The maximum absolute atomic E-state index is 12.5. The van der Waals surface area contributed by atoms with Crippen LogP contribution in [0.2, 0.25) is 0 Å². The van der Waals surface area contributed by atoms with Crippen molar-refractivity contribution in [3.05, 3.63) is 41.2 Å². The quantitative estimate of drug-likeness (QED) is 0.810. The van der Waals surface area contributed by atoms with Crippen LogP contribution < -0.4 is 4.90 Å². The van der Waals surface area contributed by atoms with E-state index in [1.165, 1.54) is 31.6 Å². The van der Waals surface area contributed by atoms with Crippen LogP contribution in [0, 0.1) is 5.92 Å². The number of amides is 1. The third-order valence-corrected chi connectivity index (χ3v) is 6.47. The van der Waals surface area contributed by atoms with E-state index in [2.05, 4.69) is 27.1 Å². The summed E-state index contributed by atoms with van der Waals surface area (Å²) in [5.74, 6) is 0.881. The Balaban J connectivity index is 1.30. The van der Waals surface area contributed by atoms with Gasteiger partial charge in [-0.25, -0.2) is 4.98 Å². The molecule has 0 radical (unpaired) electrons. The molecule has 0 bridgehead atoms. The average Bonchev–Trinajstić information content (AvgIpc) is 3.18. The zero-order chi connectivity index (χ0) is 18.6. The summed E-state index contributed by atoms with van der Waals surface area (Å²) in [7, 11) is 0. The van der Waals surface area contributed by atoms with Crippen molar-refractivity contribution >= 4 is 22.4 Å². The Morgan fingerprint density at radius 2 is 1.93 bits per heavy atom. The third kappa shape index (κ3) is 4.47. The molecule has 2 aromatic rings. The number of hydrogen-bond acceptors (Lipinski definition) is 6. The number of carbonyl (C=O) groups excluding carboxylic acids is 1. The number of rotatable bonds is 4. The molecule has 2 aliphatic rings. The van der Waals surface area contributed by atoms with Gasteiger partial charge in [-0.1, -0.05) is 13.0 Å². The first kappa shape index (κ1) is 18.4. The molecule has 2 fully saturated rings. The predicted octanol–water partition coefficient (Wildman–Crippen LogP) is 2.73. The molecule has 27 heavy (non-hydrogen) atoms. The van der Waals surface area contributed by atoms with Crippen LogP contribution in [0.4, 0.5) is 5.13 Å². The monoisotopic (exact) mass is 385 g/mol. The minimum absolute atomic E-state index is 0.0226. The van der Waals surface area contributed by atoms with Crippen molar-refractivity contribution in [2.24, 2.45) is 5.92 Å². The highest BCUT2D eigenvalue weighted by atomic mass is 32.1. The summed E-state index contributed by atoms with van der Waals surface area (Å²) in [5, 5.41) is 3.28. The maximum atomic E-state index is 12.5. The molecule has 144 valence electrons. The normalized spacial score (nSPS) is 19.4. The molecule has 0 spiro atoms. The number of aromatic nitrogens is 2. The van der Waals surface area contributed by atoms with Gasteiger partial charge in [0.05, 0.1) is 5.69 Å². The fraction of sp³-hybridized carbons (Fsp3) is 0.550. The van der Waals surface area contributed by atoms with Crippen molar-refractivity contribution in [2.75, 3.05) is 44.2 Å². The number of anilines is 1. The summed E-state index contributed by atoms with van der Waals surface area (Å²) in [6, 6.07) is 5.47. The number of likely N-dealkylation sites (tertiary alicyclic amines) is 1. The average molecular weight is 386 g/mol. The molecule has 0 atom stereocenters. The Labute approximate surface area is 164 Å². The van der Waals surface area contributed by atoms with Gasteiger partial charge in [-0.15, -0.1) is 11.3 Å². The minimum Gasteiger partial charge on any atom is -0.345 e. The lowest BCUT2D eigenvalue weighted by molar-refractivity contribution is 0.0741. The SMILES string of the molecule is CC1CCN(Cc2csc(N3CCN(C(=O)c4ccccn4)CC3)n2)CC1. The topological polar surface area (TPSA) is 52.6 Å². The summed E-state index contributed by atoms with van der Waals surface area (Å²) >= 11 is 1.72. The van der Waals surface area contributed by atoms with E-state index >= 15 is 0 Å². The molecule has 0 unspecified atom stereocenters. The number of piperazine rings is 1. The minimum atomic E-state index is 0.0226. The molecule has 2 aliphatic heterocycles. The molecule has 4 heterocycles. The second-order valence-corrected chi connectivity index (χ2v) is 8.41. The van der Waals surface area contributed by atoms with Gasteiger partial charge in [-0.05, 0) is 44.0 Å². The molecule has 0 saturated carbocycles. The lowest BCUT2D eigenvalue weighted by Crippen LogP contribution is -2.49. The third-order valence-electron chi connectivity index (χ3n) is 5.52. The predicted molar refractivity (Wildman–Crippen MR) is 108 cm³/mol. The first-order chi connectivity index (χ1) is 13.2. The Hall–Kier alpha value is -1.99. The smallest absolute Gasteiger partial charge is 0.272 e. The van der Waals surface area contributed by atoms with Gasteiger partial charge in [0.2, 0.25) is 0 Å². The number of hydrogen-bond donors (Lipinski definition) is 0. The van der Waals surface area contributed by atoms with E-state index in [-0.39, 0.29) is 5.91 Å². The summed E-state index contributed by atoms with van der Waals surface area (Å²) in [5.41, 5.74) is 1.70. The summed E-state index contributed by atoms with van der Waals surface area (Å²) in [6.45, 7) is 8.75. The Kier molecular flexibility index (Phi) is 5.69. The van der Waals surface area contributed by atoms with Crippen LogP contribution in [0.3, 0.4) is 0 Å². The standard InChI is InChI=1S/C20H27N5OS/c1-16-5-8-23(9-6-16)14-17-15-27-20(22-17)25-12-10-24(11-13-25)19(26)18-4-2-3-7-21-18/h2-4,7,15-16H,5-6,8-14H2,1H3. The van der Waals surface area contributed by atoms with Gasteiger partial charge in [0.15, 0.2) is 5.13 Å². The first-order valence-corrected chi connectivity index (χ1v) is 10.7. The number of pyridine rings is 1. The van der Waals surface area contributed by atoms with Crippen molar-refractivity contribution in [3.63, 3.8) is 0 Å². The largest absolute Gasteiger partial charge is 0.345 e. The van der Waals surface area contributed by atoms with Crippen LogP contribution in [0.15, 0.2) is 29.8 Å². The molecular formula is C20H27N5OS. The zero-order valence-corrected chi connectivity index (χ0v) is 16.7. The molecule has 0 aromatic carbocycles. The Morgan fingerprint density at radius 1 is 1.15 bits per heavy atom. The number of piperidine rings is 1. The molecular weight excluding hydrogens is 358 g/mol. The molecule has 0 aliphatic carbocycles. The van der Waals surface area contributed by atoms with E-state index < -0.39 is 0 Å². The molecule has 6 nitrogen and oxygen atoms in total. The van der Waals surface area contributed by atoms with Crippen molar-refractivity contribution in [1.82, 2.24) is 19.8 Å². The highest BCUT2D eigenvalue weighted by molar-refractivity contribution is 7.13. The van der Waals surface area contributed by atoms with E-state index in [1.54, 1.807) is 23.6 Å². The summed E-state index contributed by atoms with van der Waals surface area (Å²) < 4.78 is 0. The van der Waals surface area contributed by atoms with Gasteiger partial charge in [-0.3, -0.25) is 14.7 Å². The molecule has 4 rings (SSSR count). The second kappa shape index (κ2) is 8.35. The van der Waals surface area contributed by atoms with Crippen molar-refractivity contribution < 1.29 is 4.79 Å². The number of carbonyl (C=O) groups is 1. The van der Waals surface area contributed by atoms with E-state index in [9.17, 15) is 4.79 Å². The molecule has 0 N–H and O–H groups in total. The maximum Gasteiger partial charge on any atom is 0.272 e. The zero-order valence-electron chi connectivity index (χ0n) is 15.9. The first-order valence-electron chi connectivity index (χ1n) is 9.81. The van der Waals surface area contributed by atoms with Gasteiger partial charge in [0, 0.05) is 44.3 Å². The van der Waals surface area contributed by atoms with Gasteiger partial charge in [-0.2, -0.15) is 0 Å². The molecule has 1 amide bonds. The van der Waals surface area contributed by atoms with Gasteiger partial charge < -0.3 is 9.80 Å². The van der Waals surface area contributed by atoms with E-state index in [0.717, 1.165) is 30.7 Å². The van der Waals surface area contributed by atoms with Crippen LogP contribution in [0.5, 0.6) is 0 Å². The van der Waals surface area contributed by atoms with Crippen LogP contribution in [0.25, 0.3) is 0 Å².